The van der Waals surface area contributed by atoms with Crippen LogP contribution in [0.15, 0.2) is 48.5 Å². The number of amides is 2. The molecule has 3 atom stereocenters. The first kappa shape index (κ1) is 20.4. The third-order valence-corrected chi connectivity index (χ3v) is 6.18. The summed E-state index contributed by atoms with van der Waals surface area (Å²) in [5.41, 5.74) is 1.50. The lowest BCUT2D eigenvalue weighted by molar-refractivity contribution is -0.135. The van der Waals surface area contributed by atoms with Gasteiger partial charge >= 0.3 is 0 Å². The minimum absolute atomic E-state index is 0.0522. The first-order valence-electron chi connectivity index (χ1n) is 10.4. The Balaban J connectivity index is 1.51. The summed E-state index contributed by atoms with van der Waals surface area (Å²) in [5, 5.41) is 0. The number of nitrogens with zero attached hydrogens (tertiary/aromatic N) is 1. The molecule has 1 saturated carbocycles. The topological polar surface area (TPSA) is 65.1 Å². The van der Waals surface area contributed by atoms with Crippen LogP contribution in [0.25, 0.3) is 0 Å². The van der Waals surface area contributed by atoms with E-state index in [0.717, 1.165) is 24.8 Å². The number of ether oxygens (including phenoxy) is 3. The molecule has 6 nitrogen and oxygen atoms in total. The summed E-state index contributed by atoms with van der Waals surface area (Å²) in [5.74, 6) is 0.742. The van der Waals surface area contributed by atoms with E-state index in [2.05, 4.69) is 0 Å². The fourth-order valence-corrected chi connectivity index (χ4v) is 4.66. The lowest BCUT2D eigenvalue weighted by Crippen LogP contribution is -2.51. The number of imide groups is 1. The molecule has 2 fully saturated rings. The predicted molar refractivity (Wildman–Crippen MR) is 111 cm³/mol. The smallest absolute Gasteiger partial charge is 0.264 e. The molecule has 2 amide bonds. The van der Waals surface area contributed by atoms with Crippen LogP contribution in [0.2, 0.25) is 0 Å². The van der Waals surface area contributed by atoms with Crippen LogP contribution >= 0.6 is 0 Å². The molecule has 0 radical (unpaired) electrons. The quantitative estimate of drug-likeness (QED) is 0.679. The molecule has 1 heterocycles. The van der Waals surface area contributed by atoms with E-state index in [9.17, 15) is 9.59 Å². The van der Waals surface area contributed by atoms with E-state index in [0.29, 0.717) is 30.1 Å². The number of rotatable bonds is 6. The summed E-state index contributed by atoms with van der Waals surface area (Å²) >= 11 is 0. The number of hydrogen-bond acceptors (Lipinski definition) is 5. The van der Waals surface area contributed by atoms with Crippen molar-refractivity contribution in [3.05, 3.63) is 59.7 Å². The molecule has 1 saturated heterocycles. The van der Waals surface area contributed by atoms with E-state index in [1.54, 1.807) is 25.3 Å². The first-order chi connectivity index (χ1) is 14.6. The van der Waals surface area contributed by atoms with E-state index in [1.807, 2.05) is 30.3 Å². The molecule has 6 heteroatoms. The largest absolute Gasteiger partial charge is 0.497 e. The van der Waals surface area contributed by atoms with Crippen molar-refractivity contribution >= 4 is 11.8 Å². The average Bonchev–Trinajstić information content (AvgIpc) is 3.20. The van der Waals surface area contributed by atoms with E-state index in [4.69, 9.17) is 14.2 Å². The normalized spacial score (nSPS) is 23.2. The number of fused-ring (bicyclic) bond motifs is 1. The van der Waals surface area contributed by atoms with Gasteiger partial charge in [-0.15, -0.1) is 0 Å². The van der Waals surface area contributed by atoms with Crippen molar-refractivity contribution in [2.24, 2.45) is 5.92 Å². The maximum Gasteiger partial charge on any atom is 0.264 e. The van der Waals surface area contributed by atoms with Gasteiger partial charge < -0.3 is 14.2 Å². The molecule has 2 aromatic carbocycles. The van der Waals surface area contributed by atoms with Gasteiger partial charge in [-0.1, -0.05) is 30.3 Å². The van der Waals surface area contributed by atoms with Crippen LogP contribution < -0.4 is 9.47 Å². The molecule has 0 aromatic heterocycles. The lowest BCUT2D eigenvalue weighted by atomic mass is 9.89. The fourth-order valence-electron chi connectivity index (χ4n) is 4.66. The highest BCUT2D eigenvalue weighted by Crippen LogP contribution is 2.41. The number of carbonyl (C=O) groups is 2. The van der Waals surface area contributed by atoms with Crippen molar-refractivity contribution in [2.45, 2.75) is 44.4 Å². The summed E-state index contributed by atoms with van der Waals surface area (Å²) in [7, 11) is 3.07. The van der Waals surface area contributed by atoms with E-state index in [1.165, 1.54) is 12.0 Å². The van der Waals surface area contributed by atoms with Gasteiger partial charge in [0.1, 0.15) is 11.5 Å². The van der Waals surface area contributed by atoms with Crippen LogP contribution in [-0.4, -0.2) is 43.1 Å². The van der Waals surface area contributed by atoms with Crippen molar-refractivity contribution in [2.75, 3.05) is 14.2 Å². The van der Waals surface area contributed by atoms with Gasteiger partial charge in [0.15, 0.2) is 0 Å². The molecule has 3 unspecified atom stereocenters. The summed E-state index contributed by atoms with van der Waals surface area (Å²) < 4.78 is 16.8. The maximum atomic E-state index is 13.4. The zero-order chi connectivity index (χ0) is 21.1. The Morgan fingerprint density at radius 3 is 2.57 bits per heavy atom. The van der Waals surface area contributed by atoms with Crippen LogP contribution in [-0.2, 0) is 16.1 Å². The van der Waals surface area contributed by atoms with Crippen LogP contribution in [0.1, 0.15) is 41.6 Å². The molecule has 0 N–H and O–H groups in total. The Morgan fingerprint density at radius 2 is 1.83 bits per heavy atom. The van der Waals surface area contributed by atoms with Crippen molar-refractivity contribution in [3.8, 4) is 11.5 Å². The summed E-state index contributed by atoms with van der Waals surface area (Å²) in [6.07, 6.45) is 2.78. The van der Waals surface area contributed by atoms with Gasteiger partial charge in [0.2, 0.25) is 5.91 Å². The summed E-state index contributed by atoms with van der Waals surface area (Å²) in [4.78, 5) is 27.6. The minimum atomic E-state index is -0.307. The van der Waals surface area contributed by atoms with Gasteiger partial charge in [-0.2, -0.15) is 0 Å². The van der Waals surface area contributed by atoms with Gasteiger partial charge in [-0.25, -0.2) is 0 Å². The Kier molecular flexibility index (Phi) is 6.04. The number of hydrogen-bond donors (Lipinski definition) is 0. The van der Waals surface area contributed by atoms with Crippen LogP contribution in [0.4, 0.5) is 0 Å². The maximum absolute atomic E-state index is 13.4. The van der Waals surface area contributed by atoms with E-state index < -0.39 is 0 Å². The zero-order valence-electron chi connectivity index (χ0n) is 17.4. The van der Waals surface area contributed by atoms with Crippen molar-refractivity contribution < 1.29 is 23.8 Å². The zero-order valence-corrected chi connectivity index (χ0v) is 17.4. The first-order valence-corrected chi connectivity index (χ1v) is 10.4. The molecule has 1 aliphatic heterocycles. The highest BCUT2D eigenvalue weighted by molar-refractivity contribution is 6.07. The Hall–Kier alpha value is -2.86. The fraction of sp³-hybridized carbons (Fsp3) is 0.417. The van der Waals surface area contributed by atoms with Crippen LogP contribution in [0.5, 0.6) is 11.5 Å². The lowest BCUT2D eigenvalue weighted by Gasteiger charge is -2.37. The number of methoxy groups -OCH3 is 2. The highest BCUT2D eigenvalue weighted by atomic mass is 16.5. The number of piperidine rings is 1. The van der Waals surface area contributed by atoms with Gasteiger partial charge in [0.25, 0.3) is 5.91 Å². The second-order valence-electron chi connectivity index (χ2n) is 7.82. The average molecular weight is 409 g/mol. The standard InChI is InChI=1S/C24H27NO5/c1-28-17-8-9-19(22(14-17)29-2)24(27)25-20-11-12-21(18(20)10-13-23(25)26)30-15-16-6-4-3-5-7-16/h3-9,14,18,20-21H,10-13,15H2,1-2H3. The van der Waals surface area contributed by atoms with Gasteiger partial charge in [0, 0.05) is 24.4 Å². The summed E-state index contributed by atoms with van der Waals surface area (Å²) in [6, 6.07) is 15.0. The second-order valence-corrected chi connectivity index (χ2v) is 7.82. The third kappa shape index (κ3) is 3.92. The van der Waals surface area contributed by atoms with Gasteiger partial charge in [-0.05, 0) is 37.0 Å². The second kappa shape index (κ2) is 8.88. The Bertz CT molecular complexity index is 913. The molecule has 30 heavy (non-hydrogen) atoms. The van der Waals surface area contributed by atoms with Crippen LogP contribution in [0, 0.1) is 5.92 Å². The molecular formula is C24H27NO5. The van der Waals surface area contributed by atoms with Crippen molar-refractivity contribution in [1.29, 1.82) is 0 Å². The Labute approximate surface area is 176 Å². The molecule has 0 bridgehead atoms. The number of likely N-dealkylation sites (tertiary alicyclic amines) is 1. The number of benzene rings is 2. The monoisotopic (exact) mass is 409 g/mol. The van der Waals surface area contributed by atoms with E-state index >= 15 is 0 Å². The molecule has 4 rings (SSSR count). The van der Waals surface area contributed by atoms with E-state index in [-0.39, 0.29) is 29.9 Å². The third-order valence-electron chi connectivity index (χ3n) is 6.18. The molecule has 2 aliphatic rings. The predicted octanol–water partition coefficient (Wildman–Crippen LogP) is 3.83. The molecule has 0 spiro atoms. The highest BCUT2D eigenvalue weighted by Gasteiger charge is 2.47. The molecular weight excluding hydrogens is 382 g/mol. The Morgan fingerprint density at radius 1 is 1.03 bits per heavy atom. The number of carbonyl (C=O) groups excluding carboxylic acids is 2. The van der Waals surface area contributed by atoms with Gasteiger partial charge in [0.05, 0.1) is 32.5 Å². The van der Waals surface area contributed by atoms with Crippen LogP contribution in [0.3, 0.4) is 0 Å². The van der Waals surface area contributed by atoms with Gasteiger partial charge in [-0.3, -0.25) is 14.5 Å². The molecule has 1 aliphatic carbocycles. The van der Waals surface area contributed by atoms with Crippen molar-refractivity contribution in [3.63, 3.8) is 0 Å². The van der Waals surface area contributed by atoms with Crippen molar-refractivity contribution in [1.82, 2.24) is 4.90 Å². The molecule has 158 valence electrons. The SMILES string of the molecule is COc1ccc(C(=O)N2C(=O)CCC3C(OCc4ccccc4)CCC32)c(OC)c1. The minimum Gasteiger partial charge on any atom is -0.497 e. The summed E-state index contributed by atoms with van der Waals surface area (Å²) in [6.45, 7) is 0.545. The molecule has 2 aromatic rings.